The van der Waals surface area contributed by atoms with Crippen LogP contribution in [0.25, 0.3) is 0 Å². The summed E-state index contributed by atoms with van der Waals surface area (Å²) in [6.07, 6.45) is 5.49. The maximum atomic E-state index is 6.96. The maximum Gasteiger partial charge on any atom is 0.120 e. The van der Waals surface area contributed by atoms with Crippen LogP contribution in [0.1, 0.15) is 68.7 Å². The van der Waals surface area contributed by atoms with Gasteiger partial charge in [-0.05, 0) is 29.0 Å². The molecule has 0 aliphatic carbocycles. The Hall–Kier alpha value is -2.36. The highest BCUT2D eigenvalue weighted by molar-refractivity contribution is 5.75. The van der Waals surface area contributed by atoms with Crippen molar-refractivity contribution in [2.24, 2.45) is 11.7 Å². The van der Waals surface area contributed by atoms with Gasteiger partial charge < -0.3 is 10.5 Å². The first-order chi connectivity index (χ1) is 15.2. The van der Waals surface area contributed by atoms with Crippen molar-refractivity contribution in [3.63, 3.8) is 0 Å². The Kier molecular flexibility index (Phi) is 10.7. The van der Waals surface area contributed by atoms with E-state index in [2.05, 4.69) is 98.8 Å². The standard InChI is InChI=1S/C29H37NO.B/c1-3-5-15-24(4-2)23-31-29(26-18-11-7-12-19-26,27-20-13-8-14-21-27)22-28(30)25-16-9-6-10-17-25;/h6-14,16-21,24,28H,3-5,15,22-23,30H2,1-2H3;. The van der Waals surface area contributed by atoms with Crippen LogP contribution in [0.2, 0.25) is 0 Å². The third-order valence-corrected chi connectivity index (χ3v) is 6.32. The fourth-order valence-corrected chi connectivity index (χ4v) is 4.33. The monoisotopic (exact) mass is 426 g/mol. The highest BCUT2D eigenvalue weighted by Crippen LogP contribution is 2.41. The Morgan fingerprint density at radius 1 is 0.781 bits per heavy atom. The summed E-state index contributed by atoms with van der Waals surface area (Å²) in [7, 11) is 0. The second-order valence-corrected chi connectivity index (χ2v) is 8.51. The lowest BCUT2D eigenvalue weighted by atomic mass is 9.79. The van der Waals surface area contributed by atoms with Crippen molar-refractivity contribution in [1.29, 1.82) is 0 Å². The summed E-state index contributed by atoms with van der Waals surface area (Å²) in [6.45, 7) is 5.26. The predicted molar refractivity (Wildman–Crippen MR) is 137 cm³/mol. The molecule has 3 aromatic rings. The molecule has 0 fully saturated rings. The van der Waals surface area contributed by atoms with E-state index in [1.807, 2.05) is 6.07 Å². The lowest BCUT2D eigenvalue weighted by Gasteiger charge is -2.38. The molecule has 2 atom stereocenters. The van der Waals surface area contributed by atoms with Crippen LogP contribution >= 0.6 is 0 Å². The highest BCUT2D eigenvalue weighted by Gasteiger charge is 2.38. The van der Waals surface area contributed by atoms with Crippen molar-refractivity contribution >= 4 is 8.41 Å². The quantitative estimate of drug-likeness (QED) is 0.321. The minimum absolute atomic E-state index is 0. The Balaban J connectivity index is 0.00000363. The Bertz CT molecular complexity index is 830. The third-order valence-electron chi connectivity index (χ3n) is 6.32. The van der Waals surface area contributed by atoms with Gasteiger partial charge in [-0.25, -0.2) is 0 Å². The van der Waals surface area contributed by atoms with E-state index < -0.39 is 5.60 Å². The van der Waals surface area contributed by atoms with Gasteiger partial charge in [0.1, 0.15) is 5.60 Å². The van der Waals surface area contributed by atoms with Crippen LogP contribution in [0.4, 0.5) is 0 Å². The van der Waals surface area contributed by atoms with Crippen molar-refractivity contribution in [2.75, 3.05) is 6.61 Å². The van der Waals surface area contributed by atoms with E-state index in [-0.39, 0.29) is 14.5 Å². The van der Waals surface area contributed by atoms with E-state index in [1.54, 1.807) is 0 Å². The largest absolute Gasteiger partial charge is 0.365 e. The van der Waals surface area contributed by atoms with Gasteiger partial charge in [0.15, 0.2) is 0 Å². The van der Waals surface area contributed by atoms with Crippen LogP contribution in [0.15, 0.2) is 91.0 Å². The molecule has 3 heteroatoms. The van der Waals surface area contributed by atoms with Crippen molar-refractivity contribution in [3.05, 3.63) is 108 Å². The molecule has 0 aliphatic rings. The molecule has 0 saturated heterocycles. The molecule has 3 radical (unpaired) electrons. The van der Waals surface area contributed by atoms with E-state index in [0.717, 1.165) is 29.7 Å². The second kappa shape index (κ2) is 13.3. The Labute approximate surface area is 196 Å². The summed E-state index contributed by atoms with van der Waals surface area (Å²) < 4.78 is 6.96. The molecule has 0 amide bonds. The number of hydrogen-bond donors (Lipinski definition) is 1. The van der Waals surface area contributed by atoms with Gasteiger partial charge in [0.05, 0.1) is 6.61 Å². The van der Waals surface area contributed by atoms with Crippen LogP contribution in [-0.2, 0) is 10.3 Å². The number of unbranched alkanes of at least 4 members (excludes halogenated alkanes) is 1. The van der Waals surface area contributed by atoms with E-state index in [9.17, 15) is 0 Å². The zero-order valence-electron chi connectivity index (χ0n) is 19.6. The molecule has 0 aromatic heterocycles. The molecule has 167 valence electrons. The van der Waals surface area contributed by atoms with Gasteiger partial charge >= 0.3 is 0 Å². The fourth-order valence-electron chi connectivity index (χ4n) is 4.33. The Morgan fingerprint density at radius 2 is 1.28 bits per heavy atom. The molecule has 3 rings (SSSR count). The first-order valence-electron chi connectivity index (χ1n) is 11.7. The molecular weight excluding hydrogens is 389 g/mol. The fraction of sp³-hybridized carbons (Fsp3) is 0.379. The number of ether oxygens (including phenoxy) is 1. The van der Waals surface area contributed by atoms with E-state index in [0.29, 0.717) is 12.3 Å². The zero-order chi connectivity index (χ0) is 21.9. The van der Waals surface area contributed by atoms with Crippen LogP contribution in [-0.4, -0.2) is 15.0 Å². The number of rotatable bonds is 12. The number of benzene rings is 3. The topological polar surface area (TPSA) is 35.2 Å². The normalized spacial score (nSPS) is 13.2. The summed E-state index contributed by atoms with van der Waals surface area (Å²) in [5.74, 6) is 0.555. The zero-order valence-corrected chi connectivity index (χ0v) is 19.6. The average Bonchev–Trinajstić information content (AvgIpc) is 2.85. The molecule has 0 bridgehead atoms. The van der Waals surface area contributed by atoms with Crippen molar-refractivity contribution in [1.82, 2.24) is 0 Å². The van der Waals surface area contributed by atoms with Gasteiger partial charge in [0.25, 0.3) is 0 Å². The van der Waals surface area contributed by atoms with Gasteiger partial charge in [-0.15, -0.1) is 0 Å². The van der Waals surface area contributed by atoms with Gasteiger partial charge in [-0.1, -0.05) is 124 Å². The van der Waals surface area contributed by atoms with Gasteiger partial charge in [0, 0.05) is 20.9 Å². The molecule has 0 aliphatic heterocycles. The average molecular weight is 426 g/mol. The molecule has 0 heterocycles. The summed E-state index contributed by atoms with van der Waals surface area (Å²) in [5, 5.41) is 0. The van der Waals surface area contributed by atoms with Crippen LogP contribution in [0.3, 0.4) is 0 Å². The van der Waals surface area contributed by atoms with E-state index in [1.165, 1.54) is 19.3 Å². The van der Waals surface area contributed by atoms with Crippen LogP contribution < -0.4 is 5.73 Å². The molecule has 0 spiro atoms. The molecule has 32 heavy (non-hydrogen) atoms. The first-order valence-corrected chi connectivity index (χ1v) is 11.7. The summed E-state index contributed by atoms with van der Waals surface area (Å²) >= 11 is 0. The van der Waals surface area contributed by atoms with Gasteiger partial charge in [-0.2, -0.15) is 0 Å². The van der Waals surface area contributed by atoms with Crippen molar-refractivity contribution in [2.45, 2.75) is 57.6 Å². The second-order valence-electron chi connectivity index (χ2n) is 8.51. The SMILES string of the molecule is CCCCC(CC)COC(CC(N)c1ccccc1)(c1ccccc1)c1ccccc1.[B]. The van der Waals surface area contributed by atoms with Crippen molar-refractivity contribution < 1.29 is 4.74 Å². The number of hydrogen-bond acceptors (Lipinski definition) is 2. The predicted octanol–water partition coefficient (Wildman–Crippen LogP) is 6.87. The molecular formula is C29H37BNO. The molecule has 0 saturated carbocycles. The highest BCUT2D eigenvalue weighted by atomic mass is 16.5. The molecule has 2 N–H and O–H groups in total. The minimum Gasteiger partial charge on any atom is -0.365 e. The van der Waals surface area contributed by atoms with Gasteiger partial charge in [-0.3, -0.25) is 0 Å². The molecule has 3 aromatic carbocycles. The maximum absolute atomic E-state index is 6.96. The smallest absolute Gasteiger partial charge is 0.120 e. The summed E-state index contributed by atoms with van der Waals surface area (Å²) in [5.41, 5.74) is 9.68. The van der Waals surface area contributed by atoms with Crippen LogP contribution in [0, 0.1) is 5.92 Å². The first kappa shape index (κ1) is 25.9. The van der Waals surface area contributed by atoms with Gasteiger partial charge in [0.2, 0.25) is 0 Å². The van der Waals surface area contributed by atoms with E-state index in [4.69, 9.17) is 10.5 Å². The van der Waals surface area contributed by atoms with Crippen LogP contribution in [0.5, 0.6) is 0 Å². The summed E-state index contributed by atoms with van der Waals surface area (Å²) in [4.78, 5) is 0. The molecule has 2 nitrogen and oxygen atoms in total. The van der Waals surface area contributed by atoms with Crippen molar-refractivity contribution in [3.8, 4) is 0 Å². The number of nitrogens with two attached hydrogens (primary N) is 1. The van der Waals surface area contributed by atoms with E-state index >= 15 is 0 Å². The lowest BCUT2D eigenvalue weighted by Crippen LogP contribution is -2.37. The Morgan fingerprint density at radius 3 is 1.75 bits per heavy atom. The third kappa shape index (κ3) is 6.57. The summed E-state index contributed by atoms with van der Waals surface area (Å²) in [6, 6.07) is 31.5. The lowest BCUT2D eigenvalue weighted by molar-refractivity contribution is -0.0483. The molecule has 2 unspecified atom stereocenters. The minimum atomic E-state index is -0.586.